The van der Waals surface area contributed by atoms with Gasteiger partial charge in [0.2, 0.25) is 0 Å². The van der Waals surface area contributed by atoms with Gasteiger partial charge in [0, 0.05) is 25.6 Å². The van der Waals surface area contributed by atoms with Crippen LogP contribution in [0.1, 0.15) is 10.5 Å². The normalized spacial score (nSPS) is 10.1. The SMILES string of the molecule is Cn1cc(Nc2nccnc2C(N)=O)cn1. The molecule has 82 valence electrons. The van der Waals surface area contributed by atoms with E-state index in [4.69, 9.17) is 5.73 Å². The van der Waals surface area contributed by atoms with Gasteiger partial charge in [0.1, 0.15) is 0 Å². The zero-order chi connectivity index (χ0) is 11.5. The number of aromatic nitrogens is 4. The number of amides is 1. The van der Waals surface area contributed by atoms with Gasteiger partial charge >= 0.3 is 0 Å². The number of nitrogens with one attached hydrogen (secondary N) is 1. The smallest absolute Gasteiger partial charge is 0.271 e. The fourth-order valence-corrected chi connectivity index (χ4v) is 1.23. The maximum Gasteiger partial charge on any atom is 0.271 e. The molecule has 16 heavy (non-hydrogen) atoms. The van der Waals surface area contributed by atoms with Crippen LogP contribution < -0.4 is 11.1 Å². The molecule has 2 rings (SSSR count). The molecule has 0 atom stereocenters. The molecule has 2 aromatic rings. The molecular weight excluding hydrogens is 208 g/mol. The summed E-state index contributed by atoms with van der Waals surface area (Å²) in [7, 11) is 1.79. The molecule has 0 aliphatic heterocycles. The number of nitrogens with zero attached hydrogens (tertiary/aromatic N) is 4. The van der Waals surface area contributed by atoms with Crippen molar-refractivity contribution in [1.29, 1.82) is 0 Å². The van der Waals surface area contributed by atoms with Gasteiger partial charge in [0.15, 0.2) is 11.5 Å². The summed E-state index contributed by atoms with van der Waals surface area (Å²) in [5.41, 5.74) is 5.99. The predicted molar refractivity (Wildman–Crippen MR) is 57.0 cm³/mol. The summed E-state index contributed by atoms with van der Waals surface area (Å²) >= 11 is 0. The first-order valence-electron chi connectivity index (χ1n) is 4.53. The second-order valence-electron chi connectivity index (χ2n) is 3.15. The molecular formula is C9H10N6O. The first-order chi connectivity index (χ1) is 7.66. The van der Waals surface area contributed by atoms with Crippen molar-refractivity contribution in [3.8, 4) is 0 Å². The van der Waals surface area contributed by atoms with Crippen LogP contribution in [0, 0.1) is 0 Å². The highest BCUT2D eigenvalue weighted by Gasteiger charge is 2.10. The summed E-state index contributed by atoms with van der Waals surface area (Å²) < 4.78 is 1.63. The number of nitrogens with two attached hydrogens (primary N) is 1. The van der Waals surface area contributed by atoms with Crippen LogP contribution in [-0.2, 0) is 7.05 Å². The van der Waals surface area contributed by atoms with E-state index in [9.17, 15) is 4.79 Å². The lowest BCUT2D eigenvalue weighted by molar-refractivity contribution is 0.0996. The van der Waals surface area contributed by atoms with Crippen molar-refractivity contribution in [3.05, 3.63) is 30.5 Å². The monoisotopic (exact) mass is 218 g/mol. The number of anilines is 2. The van der Waals surface area contributed by atoms with Crippen molar-refractivity contribution in [2.24, 2.45) is 12.8 Å². The van der Waals surface area contributed by atoms with Gasteiger partial charge in [-0.15, -0.1) is 0 Å². The van der Waals surface area contributed by atoms with E-state index in [-0.39, 0.29) is 5.69 Å². The molecule has 7 nitrogen and oxygen atoms in total. The van der Waals surface area contributed by atoms with Crippen LogP contribution in [0.15, 0.2) is 24.8 Å². The van der Waals surface area contributed by atoms with Gasteiger partial charge in [-0.2, -0.15) is 5.10 Å². The second kappa shape index (κ2) is 3.97. The Kier molecular flexibility index (Phi) is 2.50. The first kappa shape index (κ1) is 10.1. The lowest BCUT2D eigenvalue weighted by Gasteiger charge is -2.04. The second-order valence-corrected chi connectivity index (χ2v) is 3.15. The zero-order valence-electron chi connectivity index (χ0n) is 8.58. The molecule has 7 heteroatoms. The van der Waals surface area contributed by atoms with Gasteiger partial charge in [0.05, 0.1) is 11.9 Å². The van der Waals surface area contributed by atoms with Gasteiger partial charge in [0.25, 0.3) is 5.91 Å². The highest BCUT2D eigenvalue weighted by Crippen LogP contribution is 2.15. The molecule has 2 aromatic heterocycles. The Morgan fingerprint density at radius 1 is 1.44 bits per heavy atom. The number of hydrogen-bond acceptors (Lipinski definition) is 5. The summed E-state index contributed by atoms with van der Waals surface area (Å²) in [6, 6.07) is 0. The van der Waals surface area contributed by atoms with Crippen LogP contribution in [0.5, 0.6) is 0 Å². The predicted octanol–water partition coefficient (Wildman–Crippen LogP) is 0.0526. The summed E-state index contributed by atoms with van der Waals surface area (Å²) in [4.78, 5) is 18.9. The van der Waals surface area contributed by atoms with Crippen LogP contribution in [0.3, 0.4) is 0 Å². The Hall–Kier alpha value is -2.44. The number of primary amides is 1. The largest absolute Gasteiger partial charge is 0.364 e. The molecule has 0 unspecified atom stereocenters. The third-order valence-corrected chi connectivity index (χ3v) is 1.90. The van der Waals surface area contributed by atoms with Crippen molar-refractivity contribution >= 4 is 17.4 Å². The maximum atomic E-state index is 11.1. The quantitative estimate of drug-likeness (QED) is 0.758. The number of carbonyl (C=O) groups excluding carboxylic acids is 1. The standard InChI is InChI=1S/C9H10N6O/c1-15-5-6(4-13-15)14-9-7(8(10)16)11-2-3-12-9/h2-5H,1H3,(H2,10,16)(H,12,14). The average molecular weight is 218 g/mol. The lowest BCUT2D eigenvalue weighted by atomic mass is 10.3. The molecule has 0 spiro atoms. The fraction of sp³-hybridized carbons (Fsp3) is 0.111. The number of rotatable bonds is 3. The number of hydrogen-bond donors (Lipinski definition) is 2. The van der Waals surface area contributed by atoms with Crippen molar-refractivity contribution < 1.29 is 4.79 Å². The Morgan fingerprint density at radius 2 is 2.19 bits per heavy atom. The number of aryl methyl sites for hydroxylation is 1. The molecule has 0 aliphatic rings. The summed E-state index contributed by atoms with van der Waals surface area (Å²) in [5.74, 6) is -0.303. The van der Waals surface area contributed by atoms with E-state index in [1.165, 1.54) is 12.4 Å². The van der Waals surface area contributed by atoms with Gasteiger partial charge in [-0.1, -0.05) is 0 Å². The maximum absolute atomic E-state index is 11.1. The van der Waals surface area contributed by atoms with Crippen molar-refractivity contribution in [2.75, 3.05) is 5.32 Å². The Morgan fingerprint density at radius 3 is 2.81 bits per heavy atom. The molecule has 0 bridgehead atoms. The molecule has 0 radical (unpaired) electrons. The highest BCUT2D eigenvalue weighted by molar-refractivity contribution is 5.96. The molecule has 0 aromatic carbocycles. The van der Waals surface area contributed by atoms with Crippen LogP contribution in [0.2, 0.25) is 0 Å². The molecule has 0 aliphatic carbocycles. The molecule has 3 N–H and O–H groups in total. The van der Waals surface area contributed by atoms with Crippen LogP contribution in [0.4, 0.5) is 11.5 Å². The van der Waals surface area contributed by atoms with Gasteiger partial charge in [-0.3, -0.25) is 9.48 Å². The summed E-state index contributed by atoms with van der Waals surface area (Å²) in [6.45, 7) is 0. The molecule has 0 saturated heterocycles. The van der Waals surface area contributed by atoms with Crippen LogP contribution >= 0.6 is 0 Å². The Labute approximate surface area is 91.3 Å². The van der Waals surface area contributed by atoms with Crippen LogP contribution in [-0.4, -0.2) is 25.7 Å². The summed E-state index contributed by atoms with van der Waals surface area (Å²) in [6.07, 6.45) is 6.25. The Bertz CT molecular complexity index is 520. The van der Waals surface area contributed by atoms with E-state index in [2.05, 4.69) is 20.4 Å². The van der Waals surface area contributed by atoms with Gasteiger partial charge in [-0.25, -0.2) is 9.97 Å². The number of carbonyl (C=O) groups is 1. The van der Waals surface area contributed by atoms with E-state index < -0.39 is 5.91 Å². The molecule has 1 amide bonds. The van der Waals surface area contributed by atoms with E-state index >= 15 is 0 Å². The average Bonchev–Trinajstić information content (AvgIpc) is 2.64. The molecule has 0 fully saturated rings. The molecule has 2 heterocycles. The minimum absolute atomic E-state index is 0.103. The van der Waals surface area contributed by atoms with Crippen LogP contribution in [0.25, 0.3) is 0 Å². The molecule has 0 saturated carbocycles. The highest BCUT2D eigenvalue weighted by atomic mass is 16.1. The third-order valence-electron chi connectivity index (χ3n) is 1.90. The van der Waals surface area contributed by atoms with E-state index in [1.54, 1.807) is 24.1 Å². The first-order valence-corrected chi connectivity index (χ1v) is 4.53. The Balaban J connectivity index is 2.31. The topological polar surface area (TPSA) is 98.7 Å². The van der Waals surface area contributed by atoms with Crippen molar-refractivity contribution in [2.45, 2.75) is 0 Å². The van der Waals surface area contributed by atoms with Crippen molar-refractivity contribution in [3.63, 3.8) is 0 Å². The van der Waals surface area contributed by atoms with Gasteiger partial charge < -0.3 is 11.1 Å². The van der Waals surface area contributed by atoms with Crippen molar-refractivity contribution in [1.82, 2.24) is 19.7 Å². The lowest BCUT2D eigenvalue weighted by Crippen LogP contribution is -2.16. The minimum atomic E-state index is -0.625. The fourth-order valence-electron chi connectivity index (χ4n) is 1.23. The zero-order valence-corrected chi connectivity index (χ0v) is 8.58. The third kappa shape index (κ3) is 1.97. The van der Waals surface area contributed by atoms with Gasteiger partial charge in [-0.05, 0) is 0 Å². The minimum Gasteiger partial charge on any atom is -0.364 e. The van der Waals surface area contributed by atoms with E-state index in [1.807, 2.05) is 0 Å². The summed E-state index contributed by atoms with van der Waals surface area (Å²) in [5, 5.41) is 6.89. The van der Waals surface area contributed by atoms with E-state index in [0.29, 0.717) is 11.5 Å². The van der Waals surface area contributed by atoms with E-state index in [0.717, 1.165) is 0 Å².